The molecule has 0 aromatic heterocycles. The average molecular weight is 737 g/mol. The third-order valence-electron chi connectivity index (χ3n) is 7.97. The van der Waals surface area contributed by atoms with Gasteiger partial charge in [0.25, 0.3) is 5.91 Å². The second kappa shape index (κ2) is 20.7. The van der Waals surface area contributed by atoms with E-state index in [1.807, 2.05) is 13.0 Å². The summed E-state index contributed by atoms with van der Waals surface area (Å²) in [5.41, 5.74) is 1.02. The van der Waals surface area contributed by atoms with Crippen LogP contribution in [0.3, 0.4) is 0 Å². The van der Waals surface area contributed by atoms with Crippen LogP contribution in [0.5, 0.6) is 5.75 Å². The maximum Gasteiger partial charge on any atom is 0.397 e. The van der Waals surface area contributed by atoms with Crippen molar-refractivity contribution in [2.75, 3.05) is 31.6 Å². The maximum absolute atomic E-state index is 12.9. The van der Waals surface area contributed by atoms with Crippen molar-refractivity contribution in [3.63, 3.8) is 0 Å². The molecule has 16 nitrogen and oxygen atoms in total. The van der Waals surface area contributed by atoms with Gasteiger partial charge in [0.15, 0.2) is 0 Å². The third kappa shape index (κ3) is 14.6. The van der Waals surface area contributed by atoms with Crippen molar-refractivity contribution in [2.45, 2.75) is 89.4 Å². The molecule has 4 amide bonds. The molecule has 1 saturated heterocycles. The van der Waals surface area contributed by atoms with Gasteiger partial charge in [-0.15, -0.1) is 0 Å². The van der Waals surface area contributed by atoms with Gasteiger partial charge in [-0.2, -0.15) is 8.42 Å². The van der Waals surface area contributed by atoms with E-state index in [-0.39, 0.29) is 36.4 Å². The predicted octanol–water partition coefficient (Wildman–Crippen LogP) is 1.78. The second-order valence-corrected chi connectivity index (χ2v) is 13.2. The summed E-state index contributed by atoms with van der Waals surface area (Å²) in [4.78, 5) is 51.4. The van der Waals surface area contributed by atoms with Crippen molar-refractivity contribution in [1.82, 2.24) is 15.5 Å². The van der Waals surface area contributed by atoms with E-state index < -0.39 is 53.6 Å². The molecule has 0 saturated carbocycles. The summed E-state index contributed by atoms with van der Waals surface area (Å²) in [5, 5.41) is 29.1. The minimum atomic E-state index is -4.87. The Morgan fingerprint density at radius 3 is 2.25 bits per heavy atom. The van der Waals surface area contributed by atoms with Crippen LogP contribution in [0.15, 0.2) is 54.6 Å². The van der Waals surface area contributed by atoms with Gasteiger partial charge in [-0.3, -0.25) is 23.7 Å². The fraction of sp³-hybridized carbons (Fsp3) is 0.529. The summed E-state index contributed by atoms with van der Waals surface area (Å²) >= 11 is 0. The van der Waals surface area contributed by atoms with Gasteiger partial charge in [-0.1, -0.05) is 31.5 Å². The summed E-state index contributed by atoms with van der Waals surface area (Å²) in [7, 11) is -4.87. The van der Waals surface area contributed by atoms with Crippen LogP contribution in [-0.4, -0.2) is 109 Å². The van der Waals surface area contributed by atoms with Crippen LogP contribution in [0, 0.1) is 0 Å². The quantitative estimate of drug-likeness (QED) is 0.0845. The fourth-order valence-corrected chi connectivity index (χ4v) is 5.57. The van der Waals surface area contributed by atoms with Crippen LogP contribution in [0.2, 0.25) is 0 Å². The number of rotatable bonds is 20. The molecule has 51 heavy (non-hydrogen) atoms. The van der Waals surface area contributed by atoms with Crippen molar-refractivity contribution in [1.29, 1.82) is 0 Å². The fourth-order valence-electron chi connectivity index (χ4n) is 5.27. The van der Waals surface area contributed by atoms with Gasteiger partial charge in [0.1, 0.15) is 30.1 Å². The molecule has 5 atom stereocenters. The highest BCUT2D eigenvalue weighted by molar-refractivity contribution is 7.80. The molecule has 282 valence electrons. The number of anilines is 1. The van der Waals surface area contributed by atoms with Gasteiger partial charge in [0, 0.05) is 50.7 Å². The molecule has 2 aromatic rings. The van der Waals surface area contributed by atoms with Crippen molar-refractivity contribution in [3.05, 3.63) is 60.2 Å². The standard InChI is InChI=1S/C34H48N4O12S/c1-3-4-13-29(41)38(20-10-6-9-19-35-33(44)24-11-7-5-8-12-24)21-18-28(40)37-25-14-16-26(17-15-25)49-34-30(36-23(2)39)32(43)31(42)27(50-34)22-48-51(45,46)47/h5,7-8,11-12,14-17,27,30-32,34,42-43H,3-4,6,9-10,13,18-22H2,1-2H3,(H,35,44)(H,36,39)(H,37,40)(H,45,46,47)/t27-,30-,31+,32-,34-/m1/s1. The van der Waals surface area contributed by atoms with Gasteiger partial charge >= 0.3 is 10.4 Å². The van der Waals surface area contributed by atoms with E-state index in [1.54, 1.807) is 29.2 Å². The van der Waals surface area contributed by atoms with Gasteiger partial charge in [-0.05, 0) is 62.1 Å². The Bertz CT molecular complexity index is 1530. The van der Waals surface area contributed by atoms with Crippen molar-refractivity contribution in [3.8, 4) is 5.75 Å². The number of nitrogens with one attached hydrogen (secondary N) is 3. The van der Waals surface area contributed by atoms with Crippen molar-refractivity contribution >= 4 is 39.7 Å². The Labute approximate surface area is 297 Å². The molecule has 0 unspecified atom stereocenters. The van der Waals surface area contributed by atoms with E-state index in [0.29, 0.717) is 30.8 Å². The number of amides is 4. The van der Waals surface area contributed by atoms with E-state index in [9.17, 15) is 37.8 Å². The predicted molar refractivity (Wildman–Crippen MR) is 185 cm³/mol. The number of nitrogens with zero attached hydrogens (tertiary/aromatic N) is 1. The third-order valence-corrected chi connectivity index (χ3v) is 8.41. The Morgan fingerprint density at radius 2 is 1.61 bits per heavy atom. The monoisotopic (exact) mass is 736 g/mol. The van der Waals surface area contributed by atoms with E-state index >= 15 is 0 Å². The highest BCUT2D eigenvalue weighted by atomic mass is 32.3. The molecule has 1 heterocycles. The van der Waals surface area contributed by atoms with E-state index in [2.05, 4.69) is 20.1 Å². The Kier molecular flexibility index (Phi) is 16.7. The second-order valence-electron chi connectivity index (χ2n) is 12.1. The molecule has 0 spiro atoms. The van der Waals surface area contributed by atoms with Crippen LogP contribution in [0.4, 0.5) is 5.69 Å². The Morgan fingerprint density at radius 1 is 0.902 bits per heavy atom. The Balaban J connectivity index is 1.50. The number of ether oxygens (including phenoxy) is 2. The molecule has 0 radical (unpaired) electrons. The molecule has 1 fully saturated rings. The molecule has 17 heteroatoms. The minimum absolute atomic E-state index is 0.0181. The average Bonchev–Trinajstić information content (AvgIpc) is 3.09. The first-order valence-electron chi connectivity index (χ1n) is 16.9. The van der Waals surface area contributed by atoms with Crippen LogP contribution >= 0.6 is 0 Å². The molecule has 0 bridgehead atoms. The first-order chi connectivity index (χ1) is 24.3. The number of aliphatic hydroxyl groups excluding tert-OH is 2. The molecule has 0 aliphatic carbocycles. The van der Waals surface area contributed by atoms with Crippen LogP contribution in [0.1, 0.15) is 69.2 Å². The number of carbonyl (C=O) groups is 4. The first-order valence-corrected chi connectivity index (χ1v) is 18.2. The van der Waals surface area contributed by atoms with E-state index in [4.69, 9.17) is 14.0 Å². The molecule has 1 aliphatic rings. The lowest BCUT2D eigenvalue weighted by atomic mass is 9.97. The molecule has 3 rings (SSSR count). The lowest BCUT2D eigenvalue weighted by Gasteiger charge is -2.42. The highest BCUT2D eigenvalue weighted by Crippen LogP contribution is 2.26. The summed E-state index contributed by atoms with van der Waals surface area (Å²) in [6.45, 7) is 3.59. The summed E-state index contributed by atoms with van der Waals surface area (Å²) < 4.78 is 46.6. The molecule has 2 aromatic carbocycles. The minimum Gasteiger partial charge on any atom is -0.463 e. The number of unbranched alkanes of at least 4 members (excludes halogenated alkanes) is 3. The molecular formula is C34H48N4O12S. The van der Waals surface area contributed by atoms with E-state index in [1.165, 1.54) is 31.2 Å². The number of carbonyl (C=O) groups excluding carboxylic acids is 4. The molecule has 1 aliphatic heterocycles. The molecular weight excluding hydrogens is 688 g/mol. The van der Waals surface area contributed by atoms with Gasteiger partial charge in [-0.25, -0.2) is 4.18 Å². The Hall–Kier alpha value is -4.13. The number of benzene rings is 2. The summed E-state index contributed by atoms with van der Waals surface area (Å²) in [6.07, 6.45) is -1.87. The van der Waals surface area contributed by atoms with Crippen LogP contribution < -0.4 is 20.7 Å². The van der Waals surface area contributed by atoms with Crippen molar-refractivity contribution in [2.24, 2.45) is 0 Å². The van der Waals surface area contributed by atoms with Gasteiger partial charge in [0.2, 0.25) is 24.0 Å². The molecule has 6 N–H and O–H groups in total. The summed E-state index contributed by atoms with van der Waals surface area (Å²) in [5.74, 6) is -0.853. The number of aliphatic hydroxyl groups is 2. The normalized spacial score (nSPS) is 20.2. The number of hydrogen-bond donors (Lipinski definition) is 6. The number of hydrogen-bond acceptors (Lipinski definition) is 11. The van der Waals surface area contributed by atoms with Crippen LogP contribution in [0.25, 0.3) is 0 Å². The zero-order valence-electron chi connectivity index (χ0n) is 28.7. The SMILES string of the molecule is CCCCC(=O)N(CCCCCNC(=O)c1ccccc1)CCC(=O)Nc1ccc(O[C@@H]2O[C@H](COS(=O)(=O)O)[C@H](O)[C@H](O)[C@H]2NC(C)=O)cc1. The zero-order valence-corrected chi connectivity index (χ0v) is 29.5. The van der Waals surface area contributed by atoms with Crippen LogP contribution in [-0.2, 0) is 33.7 Å². The first kappa shape index (κ1) is 41.3. The maximum atomic E-state index is 12.9. The van der Waals surface area contributed by atoms with Crippen molar-refractivity contribution < 1.29 is 56.0 Å². The largest absolute Gasteiger partial charge is 0.463 e. The smallest absolute Gasteiger partial charge is 0.397 e. The van der Waals surface area contributed by atoms with Gasteiger partial charge < -0.3 is 40.5 Å². The lowest BCUT2D eigenvalue weighted by molar-refractivity contribution is -0.242. The lowest BCUT2D eigenvalue weighted by Crippen LogP contribution is -2.65. The van der Waals surface area contributed by atoms with Gasteiger partial charge in [0.05, 0.1) is 6.61 Å². The topological polar surface area (TPSA) is 230 Å². The zero-order chi connectivity index (χ0) is 37.4. The highest BCUT2D eigenvalue weighted by Gasteiger charge is 2.46. The van der Waals surface area contributed by atoms with E-state index in [0.717, 1.165) is 32.1 Å². The summed E-state index contributed by atoms with van der Waals surface area (Å²) in [6, 6.07) is 13.7.